The van der Waals surface area contributed by atoms with Crippen LogP contribution >= 0.6 is 11.3 Å². The maximum absolute atomic E-state index is 11.8. The van der Waals surface area contributed by atoms with Crippen molar-refractivity contribution in [3.63, 3.8) is 0 Å². The largest absolute Gasteiger partial charge is 0.497 e. The minimum atomic E-state index is -1.12. The number of carbonyl (C=O) groups is 2. The van der Waals surface area contributed by atoms with E-state index < -0.39 is 12.0 Å². The molecule has 0 bridgehead atoms. The Balaban J connectivity index is 2.06. The SMILES string of the molecule is COc1ccc(C(=O)O)c(NC(=O)NCc2ccsc2)c1. The number of carbonyl (C=O) groups excluding carboxylic acids is 1. The van der Waals surface area contributed by atoms with Crippen LogP contribution in [0.4, 0.5) is 10.5 Å². The Morgan fingerprint density at radius 2 is 2.14 bits per heavy atom. The van der Waals surface area contributed by atoms with E-state index in [4.69, 9.17) is 9.84 Å². The van der Waals surface area contributed by atoms with Crippen molar-refractivity contribution < 1.29 is 19.4 Å². The van der Waals surface area contributed by atoms with Crippen molar-refractivity contribution in [1.29, 1.82) is 0 Å². The summed E-state index contributed by atoms with van der Waals surface area (Å²) in [6.45, 7) is 0.377. The van der Waals surface area contributed by atoms with Gasteiger partial charge in [0.15, 0.2) is 0 Å². The third-order valence-corrected chi connectivity index (χ3v) is 3.47. The minimum Gasteiger partial charge on any atom is -0.497 e. The average molecular weight is 306 g/mol. The molecule has 0 aliphatic rings. The fourth-order valence-electron chi connectivity index (χ4n) is 1.68. The number of carboxylic acid groups (broad SMARTS) is 1. The van der Waals surface area contributed by atoms with Gasteiger partial charge in [0, 0.05) is 12.6 Å². The lowest BCUT2D eigenvalue weighted by Crippen LogP contribution is -2.28. The van der Waals surface area contributed by atoms with Crippen LogP contribution in [0.3, 0.4) is 0 Å². The number of amides is 2. The summed E-state index contributed by atoms with van der Waals surface area (Å²) < 4.78 is 5.03. The minimum absolute atomic E-state index is 0.00137. The summed E-state index contributed by atoms with van der Waals surface area (Å²) in [5, 5.41) is 18.1. The molecule has 0 radical (unpaired) electrons. The fraction of sp³-hybridized carbons (Fsp3) is 0.143. The van der Waals surface area contributed by atoms with E-state index in [-0.39, 0.29) is 11.3 Å². The highest BCUT2D eigenvalue weighted by atomic mass is 32.1. The summed E-state index contributed by atoms with van der Waals surface area (Å²) in [6, 6.07) is 5.80. The van der Waals surface area contributed by atoms with Crippen molar-refractivity contribution in [2.45, 2.75) is 6.54 Å². The molecule has 1 heterocycles. The van der Waals surface area contributed by atoms with Gasteiger partial charge in [-0.2, -0.15) is 11.3 Å². The van der Waals surface area contributed by atoms with E-state index >= 15 is 0 Å². The van der Waals surface area contributed by atoms with Gasteiger partial charge < -0.3 is 20.5 Å². The number of nitrogens with one attached hydrogen (secondary N) is 2. The maximum Gasteiger partial charge on any atom is 0.337 e. The maximum atomic E-state index is 11.8. The number of rotatable bonds is 5. The van der Waals surface area contributed by atoms with Gasteiger partial charge in [0.05, 0.1) is 18.4 Å². The Kier molecular flexibility index (Phi) is 4.78. The van der Waals surface area contributed by atoms with Crippen molar-refractivity contribution in [1.82, 2.24) is 5.32 Å². The van der Waals surface area contributed by atoms with Gasteiger partial charge in [-0.05, 0) is 34.5 Å². The molecular formula is C14H14N2O4S. The zero-order valence-corrected chi connectivity index (χ0v) is 12.1. The van der Waals surface area contributed by atoms with Gasteiger partial charge >= 0.3 is 12.0 Å². The smallest absolute Gasteiger partial charge is 0.337 e. The molecule has 2 aromatic rings. The van der Waals surface area contributed by atoms with Gasteiger partial charge in [0.1, 0.15) is 5.75 Å². The topological polar surface area (TPSA) is 87.7 Å². The summed E-state index contributed by atoms with van der Waals surface area (Å²) >= 11 is 1.54. The fourth-order valence-corrected chi connectivity index (χ4v) is 2.35. The lowest BCUT2D eigenvalue weighted by molar-refractivity contribution is 0.0698. The summed E-state index contributed by atoms with van der Waals surface area (Å²) in [6.07, 6.45) is 0. The number of thiophene rings is 1. The summed E-state index contributed by atoms with van der Waals surface area (Å²) in [5.74, 6) is -0.654. The molecule has 110 valence electrons. The van der Waals surface area contributed by atoms with Crippen molar-refractivity contribution in [2.24, 2.45) is 0 Å². The zero-order valence-electron chi connectivity index (χ0n) is 11.3. The molecule has 0 fully saturated rings. The van der Waals surface area contributed by atoms with Crippen molar-refractivity contribution in [3.8, 4) is 5.75 Å². The molecule has 6 nitrogen and oxygen atoms in total. The highest BCUT2D eigenvalue weighted by Crippen LogP contribution is 2.22. The Hall–Kier alpha value is -2.54. The number of carboxylic acids is 1. The van der Waals surface area contributed by atoms with Crippen LogP contribution in [0, 0.1) is 0 Å². The Bertz CT molecular complexity index is 640. The lowest BCUT2D eigenvalue weighted by atomic mass is 10.1. The van der Waals surface area contributed by atoms with Crippen LogP contribution in [0.2, 0.25) is 0 Å². The van der Waals surface area contributed by atoms with Gasteiger partial charge in [-0.25, -0.2) is 9.59 Å². The van der Waals surface area contributed by atoms with E-state index in [9.17, 15) is 9.59 Å². The van der Waals surface area contributed by atoms with E-state index in [2.05, 4.69) is 10.6 Å². The number of hydrogen-bond acceptors (Lipinski definition) is 4. The van der Waals surface area contributed by atoms with E-state index in [0.29, 0.717) is 12.3 Å². The number of aromatic carboxylic acids is 1. The van der Waals surface area contributed by atoms with Crippen LogP contribution in [0.5, 0.6) is 5.75 Å². The third-order valence-electron chi connectivity index (χ3n) is 2.74. The van der Waals surface area contributed by atoms with Gasteiger partial charge in [-0.1, -0.05) is 0 Å². The first kappa shape index (κ1) is 14.9. The first-order valence-corrected chi connectivity index (χ1v) is 7.01. The molecule has 7 heteroatoms. The number of hydrogen-bond donors (Lipinski definition) is 3. The lowest BCUT2D eigenvalue weighted by Gasteiger charge is -2.11. The van der Waals surface area contributed by atoms with Crippen molar-refractivity contribution in [3.05, 3.63) is 46.2 Å². The third kappa shape index (κ3) is 3.96. The number of urea groups is 1. The average Bonchev–Trinajstić information content (AvgIpc) is 2.98. The molecule has 0 unspecified atom stereocenters. The highest BCUT2D eigenvalue weighted by Gasteiger charge is 2.13. The van der Waals surface area contributed by atoms with Crippen LogP contribution < -0.4 is 15.4 Å². The van der Waals surface area contributed by atoms with Gasteiger partial charge in [0.2, 0.25) is 0 Å². The molecule has 21 heavy (non-hydrogen) atoms. The second-order valence-corrected chi connectivity index (χ2v) is 4.94. The molecule has 3 N–H and O–H groups in total. The Morgan fingerprint density at radius 3 is 2.76 bits per heavy atom. The zero-order chi connectivity index (χ0) is 15.2. The number of ether oxygens (including phenoxy) is 1. The second-order valence-electron chi connectivity index (χ2n) is 4.16. The molecule has 0 aliphatic heterocycles. The molecule has 0 spiro atoms. The standard InChI is InChI=1S/C14H14N2O4S/c1-20-10-2-3-11(13(17)18)12(6-10)16-14(19)15-7-9-4-5-21-8-9/h2-6,8H,7H2,1H3,(H,17,18)(H2,15,16,19). The summed E-state index contributed by atoms with van der Waals surface area (Å²) in [4.78, 5) is 23.0. The predicted molar refractivity (Wildman–Crippen MR) is 80.1 cm³/mol. The molecule has 1 aromatic carbocycles. The Morgan fingerprint density at radius 1 is 1.33 bits per heavy atom. The number of benzene rings is 1. The molecule has 0 saturated carbocycles. The van der Waals surface area contributed by atoms with Gasteiger partial charge in [-0.15, -0.1) is 0 Å². The molecule has 2 rings (SSSR count). The first-order valence-electron chi connectivity index (χ1n) is 6.07. The van der Waals surface area contributed by atoms with Crippen LogP contribution in [0.1, 0.15) is 15.9 Å². The quantitative estimate of drug-likeness (QED) is 0.792. The molecule has 0 atom stereocenters. The number of anilines is 1. The second kappa shape index (κ2) is 6.76. The summed E-state index contributed by atoms with van der Waals surface area (Å²) in [5.41, 5.74) is 1.17. The van der Waals surface area contributed by atoms with Crippen LogP contribution in [-0.2, 0) is 6.54 Å². The summed E-state index contributed by atoms with van der Waals surface area (Å²) in [7, 11) is 1.47. The monoisotopic (exact) mass is 306 g/mol. The predicted octanol–water partition coefficient (Wildman–Crippen LogP) is 2.78. The van der Waals surface area contributed by atoms with E-state index in [1.807, 2.05) is 16.8 Å². The van der Waals surface area contributed by atoms with E-state index in [1.54, 1.807) is 11.3 Å². The van der Waals surface area contributed by atoms with Crippen molar-refractivity contribution >= 4 is 29.0 Å². The molecule has 2 amide bonds. The molecule has 0 aliphatic carbocycles. The number of methoxy groups -OCH3 is 1. The normalized spacial score (nSPS) is 9.95. The molecular weight excluding hydrogens is 292 g/mol. The van der Waals surface area contributed by atoms with Crippen LogP contribution in [0.15, 0.2) is 35.0 Å². The van der Waals surface area contributed by atoms with Crippen LogP contribution in [0.25, 0.3) is 0 Å². The first-order chi connectivity index (χ1) is 10.1. The van der Waals surface area contributed by atoms with Crippen LogP contribution in [-0.4, -0.2) is 24.2 Å². The molecule has 0 saturated heterocycles. The Labute approximate surface area is 125 Å². The van der Waals surface area contributed by atoms with E-state index in [0.717, 1.165) is 5.56 Å². The van der Waals surface area contributed by atoms with Crippen molar-refractivity contribution in [2.75, 3.05) is 12.4 Å². The highest BCUT2D eigenvalue weighted by molar-refractivity contribution is 7.07. The van der Waals surface area contributed by atoms with Gasteiger partial charge in [-0.3, -0.25) is 0 Å². The van der Waals surface area contributed by atoms with E-state index in [1.165, 1.54) is 25.3 Å². The molecule has 1 aromatic heterocycles. The van der Waals surface area contributed by atoms with Gasteiger partial charge in [0.25, 0.3) is 0 Å².